The number of amides is 1. The Bertz CT molecular complexity index is 1070. The standard InChI is InChI=1S/C30H44N4O5/c1-19-23(18-35)34-17-26(19)38-25-16-32-27(13-14-31)33-22(25)11-7-5-6-9-20-10-8-12-24(20)39-28(36)15-21(29(34)37)30(2,3)4/h13-14,16,18-21,23-24,26H,5-12,15,17,31H2,1-4H3/t19-,20+,21+,23+,24+,26-/m0/s1. The molecule has 214 valence electrons. The Labute approximate surface area is 231 Å². The van der Waals surface area contributed by atoms with Gasteiger partial charge in [-0.05, 0) is 62.1 Å². The van der Waals surface area contributed by atoms with Gasteiger partial charge in [0.2, 0.25) is 5.91 Å². The predicted molar refractivity (Wildman–Crippen MR) is 147 cm³/mol. The van der Waals surface area contributed by atoms with E-state index in [0.717, 1.165) is 63.3 Å². The topological polar surface area (TPSA) is 125 Å². The zero-order valence-corrected chi connectivity index (χ0v) is 23.8. The third-order valence-electron chi connectivity index (χ3n) is 8.73. The zero-order chi connectivity index (χ0) is 28.2. The Morgan fingerprint density at radius 1 is 1.05 bits per heavy atom. The predicted octanol–water partition coefficient (Wildman–Crippen LogP) is 4.08. The van der Waals surface area contributed by atoms with Crippen molar-refractivity contribution >= 4 is 24.2 Å². The molecule has 0 spiro atoms. The summed E-state index contributed by atoms with van der Waals surface area (Å²) in [4.78, 5) is 50.0. The van der Waals surface area contributed by atoms with E-state index in [1.54, 1.807) is 17.2 Å². The minimum atomic E-state index is -0.645. The van der Waals surface area contributed by atoms with Gasteiger partial charge in [0.1, 0.15) is 18.5 Å². The summed E-state index contributed by atoms with van der Waals surface area (Å²) in [5, 5.41) is 0. The molecule has 3 heterocycles. The van der Waals surface area contributed by atoms with Gasteiger partial charge in [-0.1, -0.05) is 40.5 Å². The first-order valence-electron chi connectivity index (χ1n) is 14.5. The molecule has 1 saturated carbocycles. The van der Waals surface area contributed by atoms with Crippen LogP contribution in [0.5, 0.6) is 5.75 Å². The molecule has 0 unspecified atom stereocenters. The molecule has 9 heteroatoms. The van der Waals surface area contributed by atoms with Crippen LogP contribution in [-0.4, -0.2) is 57.8 Å². The maximum absolute atomic E-state index is 14.0. The van der Waals surface area contributed by atoms with E-state index in [0.29, 0.717) is 17.5 Å². The number of fused-ring (bicyclic) bond motifs is 4. The molecule has 2 bridgehead atoms. The summed E-state index contributed by atoms with van der Waals surface area (Å²) in [6.07, 6.45) is 12.8. The van der Waals surface area contributed by atoms with E-state index < -0.39 is 23.5 Å². The number of aryl methyl sites for hydroxylation is 1. The first-order chi connectivity index (χ1) is 18.6. The van der Waals surface area contributed by atoms with Crippen molar-refractivity contribution in [3.63, 3.8) is 0 Å². The van der Waals surface area contributed by atoms with Gasteiger partial charge in [0, 0.05) is 5.92 Å². The molecule has 1 aromatic rings. The van der Waals surface area contributed by atoms with E-state index in [1.165, 1.54) is 6.20 Å². The number of hydrogen-bond donors (Lipinski definition) is 1. The minimum Gasteiger partial charge on any atom is -0.485 e. The fourth-order valence-electron chi connectivity index (χ4n) is 6.30. The van der Waals surface area contributed by atoms with E-state index in [-0.39, 0.29) is 36.9 Å². The van der Waals surface area contributed by atoms with Crippen molar-refractivity contribution < 1.29 is 23.9 Å². The number of hydrogen-bond acceptors (Lipinski definition) is 8. The largest absolute Gasteiger partial charge is 0.485 e. The Balaban J connectivity index is 1.66. The normalized spacial score (nSPS) is 31.1. The van der Waals surface area contributed by atoms with Crippen LogP contribution in [0.3, 0.4) is 0 Å². The number of ether oxygens (including phenoxy) is 2. The third kappa shape index (κ3) is 6.79. The van der Waals surface area contributed by atoms with E-state index in [2.05, 4.69) is 4.98 Å². The maximum Gasteiger partial charge on any atom is 0.306 e. The molecule has 2 fully saturated rings. The Kier molecular flexibility index (Phi) is 9.28. The molecule has 0 aromatic carbocycles. The molecular formula is C30H44N4O5. The van der Waals surface area contributed by atoms with E-state index in [1.807, 2.05) is 27.7 Å². The Morgan fingerprint density at radius 2 is 1.82 bits per heavy atom. The highest BCUT2D eigenvalue weighted by molar-refractivity contribution is 5.87. The number of carbonyl (C=O) groups is 3. The number of aromatic nitrogens is 2. The van der Waals surface area contributed by atoms with Crippen LogP contribution in [-0.2, 0) is 25.5 Å². The fourth-order valence-corrected chi connectivity index (χ4v) is 6.30. The van der Waals surface area contributed by atoms with Crippen LogP contribution in [0.15, 0.2) is 12.4 Å². The average molecular weight is 541 g/mol. The van der Waals surface area contributed by atoms with E-state index in [4.69, 9.17) is 20.2 Å². The van der Waals surface area contributed by atoms with Crippen molar-refractivity contribution in [2.45, 2.75) is 104 Å². The van der Waals surface area contributed by atoms with Crippen molar-refractivity contribution in [1.29, 1.82) is 0 Å². The van der Waals surface area contributed by atoms with Crippen LogP contribution in [0, 0.1) is 23.2 Å². The van der Waals surface area contributed by atoms with Gasteiger partial charge in [-0.3, -0.25) is 9.59 Å². The second-order valence-corrected chi connectivity index (χ2v) is 12.5. The van der Waals surface area contributed by atoms with Crippen molar-refractivity contribution in [2.24, 2.45) is 28.9 Å². The molecule has 1 amide bonds. The first kappa shape index (κ1) is 29.0. The van der Waals surface area contributed by atoms with Gasteiger partial charge in [-0.15, -0.1) is 0 Å². The highest BCUT2D eigenvalue weighted by Gasteiger charge is 2.47. The molecule has 1 aromatic heterocycles. The smallest absolute Gasteiger partial charge is 0.306 e. The van der Waals surface area contributed by atoms with Gasteiger partial charge in [0.05, 0.1) is 36.8 Å². The molecule has 6 atom stereocenters. The molecule has 2 N–H and O–H groups in total. The summed E-state index contributed by atoms with van der Waals surface area (Å²) < 4.78 is 12.4. The van der Waals surface area contributed by atoms with Gasteiger partial charge < -0.3 is 24.9 Å². The summed E-state index contributed by atoms with van der Waals surface area (Å²) in [6.45, 7) is 8.04. The van der Waals surface area contributed by atoms with Crippen LogP contribution in [0.25, 0.3) is 6.08 Å². The van der Waals surface area contributed by atoms with Gasteiger partial charge in [0.15, 0.2) is 11.6 Å². The van der Waals surface area contributed by atoms with E-state index in [9.17, 15) is 14.4 Å². The number of esters is 1. The lowest BCUT2D eigenvalue weighted by molar-refractivity contribution is -0.157. The number of carbonyl (C=O) groups excluding carboxylic acids is 3. The monoisotopic (exact) mass is 540 g/mol. The number of aldehydes is 1. The van der Waals surface area contributed by atoms with Gasteiger partial charge in [-0.2, -0.15) is 0 Å². The number of rotatable bonds is 2. The van der Waals surface area contributed by atoms with Crippen molar-refractivity contribution in [1.82, 2.24) is 14.9 Å². The second kappa shape index (κ2) is 12.5. The first-order valence-corrected chi connectivity index (χ1v) is 14.5. The molecule has 1 aliphatic carbocycles. The summed E-state index contributed by atoms with van der Waals surface area (Å²) >= 11 is 0. The van der Waals surface area contributed by atoms with Crippen LogP contribution in [0.2, 0.25) is 0 Å². The summed E-state index contributed by atoms with van der Waals surface area (Å²) in [5.41, 5.74) is 5.88. The Hall–Kier alpha value is -2.97. The summed E-state index contributed by atoms with van der Waals surface area (Å²) in [5.74, 6) is 0.0714. The molecule has 39 heavy (non-hydrogen) atoms. The SMILES string of the molecule is C[C@@H]1[C@@H]2CN(C(=O)[C@H](C(C)(C)C)CC(=O)O[C@@H]3CCC[C@H]3CCCCCc3nc(C=CN)ncc3O2)[C@@H]1C=O. The molecule has 9 nitrogen and oxygen atoms in total. The maximum atomic E-state index is 14.0. The minimum absolute atomic E-state index is 0.00163. The summed E-state index contributed by atoms with van der Waals surface area (Å²) in [7, 11) is 0. The second-order valence-electron chi connectivity index (χ2n) is 12.5. The van der Waals surface area contributed by atoms with Crippen LogP contribution < -0.4 is 10.5 Å². The third-order valence-corrected chi connectivity index (χ3v) is 8.73. The van der Waals surface area contributed by atoms with Gasteiger partial charge in [-0.25, -0.2) is 9.97 Å². The number of nitrogens with two attached hydrogens (primary N) is 1. The van der Waals surface area contributed by atoms with Crippen molar-refractivity contribution in [3.05, 3.63) is 23.9 Å². The van der Waals surface area contributed by atoms with Gasteiger partial charge >= 0.3 is 5.97 Å². The van der Waals surface area contributed by atoms with Crippen LogP contribution in [0.4, 0.5) is 0 Å². The lowest BCUT2D eigenvalue weighted by atomic mass is 9.77. The molecular weight excluding hydrogens is 496 g/mol. The van der Waals surface area contributed by atoms with Gasteiger partial charge in [0.25, 0.3) is 0 Å². The van der Waals surface area contributed by atoms with Crippen molar-refractivity contribution in [2.75, 3.05) is 6.54 Å². The molecule has 1 saturated heterocycles. The molecule has 2 aliphatic heterocycles. The quantitative estimate of drug-likeness (QED) is 0.439. The lowest BCUT2D eigenvalue weighted by Crippen LogP contribution is -2.46. The van der Waals surface area contributed by atoms with Crippen LogP contribution in [0.1, 0.15) is 90.6 Å². The van der Waals surface area contributed by atoms with E-state index >= 15 is 0 Å². The molecule has 4 rings (SSSR count). The summed E-state index contributed by atoms with van der Waals surface area (Å²) in [6, 6.07) is -0.645. The molecule has 0 radical (unpaired) electrons. The number of nitrogens with zero attached hydrogens (tertiary/aromatic N) is 3. The Morgan fingerprint density at radius 3 is 2.54 bits per heavy atom. The fraction of sp³-hybridized carbons (Fsp3) is 0.700. The van der Waals surface area contributed by atoms with Crippen molar-refractivity contribution in [3.8, 4) is 5.75 Å². The lowest BCUT2D eigenvalue weighted by Gasteiger charge is -2.34. The zero-order valence-electron chi connectivity index (χ0n) is 23.8. The molecule has 3 aliphatic rings. The average Bonchev–Trinajstić information content (AvgIpc) is 3.45. The highest BCUT2D eigenvalue weighted by Crippen LogP contribution is 2.38. The highest BCUT2D eigenvalue weighted by atomic mass is 16.5. The van der Waals surface area contributed by atoms with Crippen LogP contribution >= 0.6 is 0 Å².